The van der Waals surface area contributed by atoms with E-state index in [9.17, 15) is 9.59 Å². The number of carbonyl (C=O) groups is 2. The molecule has 2 atom stereocenters. The van der Waals surface area contributed by atoms with Crippen molar-refractivity contribution in [2.75, 3.05) is 13.1 Å². The highest BCUT2D eigenvalue weighted by Crippen LogP contribution is 2.27. The molecule has 1 saturated heterocycles. The monoisotopic (exact) mass is 312 g/mol. The molecule has 0 radical (unpaired) electrons. The Bertz CT molecular complexity index is 669. The Balaban J connectivity index is 1.90. The SMILES string of the molecule is CC(C(=O)N1CCNC(=O)CC1c1ccccc1)n1cccn1. The largest absolute Gasteiger partial charge is 0.354 e. The van der Waals surface area contributed by atoms with Gasteiger partial charge in [-0.15, -0.1) is 0 Å². The summed E-state index contributed by atoms with van der Waals surface area (Å²) in [6.07, 6.45) is 3.72. The van der Waals surface area contributed by atoms with Gasteiger partial charge in [0.15, 0.2) is 0 Å². The van der Waals surface area contributed by atoms with E-state index in [-0.39, 0.29) is 24.3 Å². The normalized spacial score (nSPS) is 19.8. The lowest BCUT2D eigenvalue weighted by Crippen LogP contribution is -2.40. The van der Waals surface area contributed by atoms with Gasteiger partial charge in [-0.25, -0.2) is 0 Å². The van der Waals surface area contributed by atoms with Crippen LogP contribution in [0.1, 0.15) is 31.0 Å². The molecule has 2 aromatic rings. The van der Waals surface area contributed by atoms with Gasteiger partial charge in [0.1, 0.15) is 6.04 Å². The van der Waals surface area contributed by atoms with Gasteiger partial charge in [-0.05, 0) is 18.6 Å². The number of rotatable bonds is 3. The summed E-state index contributed by atoms with van der Waals surface area (Å²) >= 11 is 0. The van der Waals surface area contributed by atoms with Gasteiger partial charge in [0, 0.05) is 25.5 Å². The van der Waals surface area contributed by atoms with Crippen molar-refractivity contribution in [3.05, 3.63) is 54.4 Å². The maximum Gasteiger partial charge on any atom is 0.247 e. The molecule has 2 amide bonds. The second-order valence-electron chi connectivity index (χ2n) is 5.67. The number of amides is 2. The molecular formula is C17H20N4O2. The summed E-state index contributed by atoms with van der Waals surface area (Å²) in [5.74, 6) is -0.0556. The average Bonchev–Trinajstić information content (AvgIpc) is 3.04. The molecule has 1 fully saturated rings. The van der Waals surface area contributed by atoms with Crippen LogP contribution < -0.4 is 5.32 Å². The summed E-state index contributed by atoms with van der Waals surface area (Å²) in [6, 6.07) is 10.9. The predicted molar refractivity (Wildman–Crippen MR) is 85.5 cm³/mol. The number of carbonyl (C=O) groups excluding carboxylic acids is 2. The van der Waals surface area contributed by atoms with E-state index in [4.69, 9.17) is 0 Å². The minimum Gasteiger partial charge on any atom is -0.354 e. The minimum absolute atomic E-state index is 0.0269. The first-order chi connectivity index (χ1) is 11.2. The van der Waals surface area contributed by atoms with Gasteiger partial charge in [0.25, 0.3) is 0 Å². The van der Waals surface area contributed by atoms with E-state index in [0.717, 1.165) is 5.56 Å². The zero-order valence-electron chi connectivity index (χ0n) is 13.1. The number of nitrogens with zero attached hydrogens (tertiary/aromatic N) is 3. The predicted octanol–water partition coefficient (Wildman–Crippen LogP) is 1.53. The molecule has 1 aromatic carbocycles. The molecule has 6 nitrogen and oxygen atoms in total. The fourth-order valence-corrected chi connectivity index (χ4v) is 2.93. The molecule has 0 spiro atoms. The molecule has 2 heterocycles. The van der Waals surface area contributed by atoms with E-state index in [1.165, 1.54) is 0 Å². The van der Waals surface area contributed by atoms with E-state index < -0.39 is 6.04 Å². The Morgan fingerprint density at radius 2 is 2.09 bits per heavy atom. The molecule has 2 unspecified atom stereocenters. The van der Waals surface area contributed by atoms with E-state index >= 15 is 0 Å². The van der Waals surface area contributed by atoms with Crippen LogP contribution in [0.5, 0.6) is 0 Å². The fourth-order valence-electron chi connectivity index (χ4n) is 2.93. The van der Waals surface area contributed by atoms with E-state index in [1.807, 2.05) is 37.3 Å². The van der Waals surface area contributed by atoms with Gasteiger partial charge in [-0.2, -0.15) is 5.10 Å². The van der Waals surface area contributed by atoms with Crippen LogP contribution in [0.25, 0.3) is 0 Å². The topological polar surface area (TPSA) is 67.2 Å². The summed E-state index contributed by atoms with van der Waals surface area (Å²) in [4.78, 5) is 26.7. The van der Waals surface area contributed by atoms with Crippen molar-refractivity contribution in [3.8, 4) is 0 Å². The van der Waals surface area contributed by atoms with Crippen LogP contribution in [0.3, 0.4) is 0 Å². The third-order valence-corrected chi connectivity index (χ3v) is 4.18. The maximum atomic E-state index is 13.0. The molecule has 3 rings (SSSR count). The molecule has 120 valence electrons. The summed E-state index contributed by atoms with van der Waals surface area (Å²) < 4.78 is 1.64. The first-order valence-electron chi connectivity index (χ1n) is 7.78. The number of hydrogen-bond acceptors (Lipinski definition) is 3. The number of aromatic nitrogens is 2. The van der Waals surface area contributed by atoms with Crippen molar-refractivity contribution < 1.29 is 9.59 Å². The van der Waals surface area contributed by atoms with E-state index in [1.54, 1.807) is 28.0 Å². The van der Waals surface area contributed by atoms with Crippen molar-refractivity contribution in [1.29, 1.82) is 0 Å². The molecular weight excluding hydrogens is 292 g/mol. The second kappa shape index (κ2) is 6.64. The molecule has 0 saturated carbocycles. The van der Waals surface area contributed by atoms with Crippen LogP contribution in [-0.4, -0.2) is 39.6 Å². The van der Waals surface area contributed by atoms with Gasteiger partial charge in [0.2, 0.25) is 11.8 Å². The lowest BCUT2D eigenvalue weighted by Gasteiger charge is -2.31. The van der Waals surface area contributed by atoms with E-state index in [0.29, 0.717) is 13.1 Å². The molecule has 1 N–H and O–H groups in total. The number of hydrogen-bond donors (Lipinski definition) is 1. The Hall–Kier alpha value is -2.63. The molecule has 0 aliphatic carbocycles. The highest BCUT2D eigenvalue weighted by Gasteiger charge is 2.32. The smallest absolute Gasteiger partial charge is 0.247 e. The van der Waals surface area contributed by atoms with Gasteiger partial charge in [-0.1, -0.05) is 30.3 Å². The van der Waals surface area contributed by atoms with Crippen LogP contribution >= 0.6 is 0 Å². The van der Waals surface area contributed by atoms with Crippen molar-refractivity contribution in [2.45, 2.75) is 25.4 Å². The Morgan fingerprint density at radius 1 is 1.30 bits per heavy atom. The van der Waals surface area contributed by atoms with Crippen molar-refractivity contribution in [3.63, 3.8) is 0 Å². The molecule has 0 bridgehead atoms. The third kappa shape index (κ3) is 3.26. The highest BCUT2D eigenvalue weighted by atomic mass is 16.2. The molecule has 23 heavy (non-hydrogen) atoms. The maximum absolute atomic E-state index is 13.0. The van der Waals surface area contributed by atoms with Crippen LogP contribution in [0.2, 0.25) is 0 Å². The van der Waals surface area contributed by atoms with Gasteiger partial charge in [0.05, 0.1) is 12.5 Å². The number of benzene rings is 1. The second-order valence-corrected chi connectivity index (χ2v) is 5.67. The van der Waals surface area contributed by atoms with Crippen molar-refractivity contribution >= 4 is 11.8 Å². The Morgan fingerprint density at radius 3 is 2.78 bits per heavy atom. The standard InChI is InChI=1S/C17H20N4O2/c1-13(21-10-5-8-19-21)17(23)20-11-9-18-16(22)12-15(20)14-6-3-2-4-7-14/h2-8,10,13,15H,9,11-12H2,1H3,(H,18,22). The van der Waals surface area contributed by atoms with Gasteiger partial charge >= 0.3 is 0 Å². The van der Waals surface area contributed by atoms with Crippen LogP contribution in [-0.2, 0) is 9.59 Å². The molecule has 1 aliphatic rings. The highest BCUT2D eigenvalue weighted by molar-refractivity contribution is 5.83. The van der Waals surface area contributed by atoms with Crippen molar-refractivity contribution in [2.24, 2.45) is 0 Å². The summed E-state index contributed by atoms with van der Waals surface area (Å²) in [6.45, 7) is 2.80. The first kappa shape index (κ1) is 15.3. The van der Waals surface area contributed by atoms with Crippen LogP contribution in [0.4, 0.5) is 0 Å². The van der Waals surface area contributed by atoms with Crippen LogP contribution in [0, 0.1) is 0 Å². The average molecular weight is 312 g/mol. The third-order valence-electron chi connectivity index (χ3n) is 4.18. The summed E-state index contributed by atoms with van der Waals surface area (Å²) in [5.41, 5.74) is 0.977. The lowest BCUT2D eigenvalue weighted by molar-refractivity contribution is -0.137. The Labute approximate surface area is 135 Å². The van der Waals surface area contributed by atoms with E-state index in [2.05, 4.69) is 10.4 Å². The van der Waals surface area contributed by atoms with Gasteiger partial charge in [-0.3, -0.25) is 14.3 Å². The fraction of sp³-hybridized carbons (Fsp3) is 0.353. The summed E-state index contributed by atoms with van der Waals surface area (Å²) in [5, 5.41) is 7.00. The summed E-state index contributed by atoms with van der Waals surface area (Å²) in [7, 11) is 0. The zero-order chi connectivity index (χ0) is 16.2. The molecule has 1 aliphatic heterocycles. The minimum atomic E-state index is -0.399. The first-order valence-corrected chi connectivity index (χ1v) is 7.78. The van der Waals surface area contributed by atoms with Gasteiger partial charge < -0.3 is 10.2 Å². The molecule has 6 heteroatoms. The quantitative estimate of drug-likeness (QED) is 0.934. The van der Waals surface area contributed by atoms with Crippen molar-refractivity contribution in [1.82, 2.24) is 20.0 Å². The molecule has 1 aromatic heterocycles. The van der Waals surface area contributed by atoms with Crippen LogP contribution in [0.15, 0.2) is 48.8 Å². The lowest BCUT2D eigenvalue weighted by atomic mass is 10.0. The Kier molecular flexibility index (Phi) is 4.41. The zero-order valence-corrected chi connectivity index (χ0v) is 13.1. The number of nitrogens with one attached hydrogen (secondary N) is 1.